The second-order valence-electron chi connectivity index (χ2n) is 4.22. The van der Waals surface area contributed by atoms with Crippen LogP contribution in [-0.4, -0.2) is 43.4 Å². The van der Waals surface area contributed by atoms with Gasteiger partial charge in [0.05, 0.1) is 18.8 Å². The highest BCUT2D eigenvalue weighted by molar-refractivity contribution is 5.55. The van der Waals surface area contributed by atoms with E-state index < -0.39 is 10.5 Å². The van der Waals surface area contributed by atoms with Gasteiger partial charge in [0.15, 0.2) is 0 Å². The van der Waals surface area contributed by atoms with Gasteiger partial charge >= 0.3 is 5.82 Å². The molecule has 0 aromatic carbocycles. The molecule has 1 heterocycles. The molecule has 1 aromatic rings. The van der Waals surface area contributed by atoms with Gasteiger partial charge < -0.3 is 25.6 Å². The van der Waals surface area contributed by atoms with Crippen molar-refractivity contribution in [2.24, 2.45) is 7.05 Å². The van der Waals surface area contributed by atoms with E-state index in [-0.39, 0.29) is 24.8 Å². The van der Waals surface area contributed by atoms with Gasteiger partial charge in [-0.3, -0.25) is 4.57 Å². The van der Waals surface area contributed by atoms with Crippen LogP contribution < -0.4 is 5.32 Å². The normalized spacial score (nSPS) is 11.6. The van der Waals surface area contributed by atoms with Crippen molar-refractivity contribution in [1.29, 1.82) is 0 Å². The highest BCUT2D eigenvalue weighted by Crippen LogP contribution is 2.27. The zero-order valence-corrected chi connectivity index (χ0v) is 10.7. The molecule has 0 bridgehead atoms. The maximum absolute atomic E-state index is 10.9. The van der Waals surface area contributed by atoms with Crippen LogP contribution in [0.4, 0.5) is 11.6 Å². The van der Waals surface area contributed by atoms with Gasteiger partial charge in [-0.25, -0.2) is 0 Å². The Morgan fingerprint density at radius 2 is 2.06 bits per heavy atom. The van der Waals surface area contributed by atoms with E-state index >= 15 is 0 Å². The second-order valence-corrected chi connectivity index (χ2v) is 4.22. The van der Waals surface area contributed by atoms with Crippen LogP contribution in [0.25, 0.3) is 0 Å². The second kappa shape index (κ2) is 5.32. The van der Waals surface area contributed by atoms with E-state index in [9.17, 15) is 20.3 Å². The van der Waals surface area contributed by atoms with Crippen molar-refractivity contribution in [1.82, 2.24) is 9.55 Å². The molecule has 0 saturated carbocycles. The van der Waals surface area contributed by atoms with Gasteiger partial charge in [-0.05, 0) is 16.3 Å². The smallest absolute Gasteiger partial charge is 0.394 e. The van der Waals surface area contributed by atoms with E-state index in [1.54, 1.807) is 20.9 Å². The molecule has 18 heavy (non-hydrogen) atoms. The van der Waals surface area contributed by atoms with E-state index in [1.807, 2.05) is 0 Å². The van der Waals surface area contributed by atoms with Crippen molar-refractivity contribution in [3.63, 3.8) is 0 Å². The van der Waals surface area contributed by atoms with Gasteiger partial charge in [0.25, 0.3) is 0 Å². The molecule has 102 valence electrons. The Morgan fingerprint density at radius 1 is 1.50 bits per heavy atom. The Hall–Kier alpha value is -1.67. The van der Waals surface area contributed by atoms with E-state index in [0.717, 1.165) is 0 Å². The van der Waals surface area contributed by atoms with Crippen LogP contribution in [-0.2, 0) is 7.05 Å². The highest BCUT2D eigenvalue weighted by Gasteiger charge is 2.33. The number of hydrogen-bond acceptors (Lipinski definition) is 6. The molecule has 0 spiro atoms. The Bertz CT molecular complexity index is 431. The summed E-state index contributed by atoms with van der Waals surface area (Å²) in [6, 6.07) is 0. The first-order valence-electron chi connectivity index (χ1n) is 5.58. The number of aliphatic hydroxyl groups is 2. The number of nitrogens with one attached hydrogen (secondary N) is 1. The Kier molecular flexibility index (Phi) is 4.25. The van der Waals surface area contributed by atoms with Gasteiger partial charge in [0.2, 0.25) is 11.6 Å². The summed E-state index contributed by atoms with van der Waals surface area (Å²) in [5, 5.41) is 32.4. The van der Waals surface area contributed by atoms with Crippen LogP contribution in [0.2, 0.25) is 0 Å². The number of anilines is 1. The fourth-order valence-corrected chi connectivity index (χ4v) is 1.55. The molecule has 0 fully saturated rings. The fraction of sp³-hybridized carbons (Fsp3) is 0.700. The zero-order chi connectivity index (χ0) is 13.9. The highest BCUT2D eigenvalue weighted by atomic mass is 16.6. The third-order valence-corrected chi connectivity index (χ3v) is 3.14. The summed E-state index contributed by atoms with van der Waals surface area (Å²) in [6.07, 6.45) is 0.418. The van der Waals surface area contributed by atoms with Crippen LogP contribution >= 0.6 is 0 Å². The first-order chi connectivity index (χ1) is 8.40. The summed E-state index contributed by atoms with van der Waals surface area (Å²) in [5.41, 5.74) is -0.995. The molecule has 0 aliphatic rings. The number of imidazole rings is 1. The third kappa shape index (κ3) is 2.44. The lowest BCUT2D eigenvalue weighted by Crippen LogP contribution is -2.45. The topological polar surface area (TPSA) is 113 Å². The van der Waals surface area contributed by atoms with Gasteiger partial charge in [0.1, 0.15) is 0 Å². The number of nitro groups is 1. The predicted molar refractivity (Wildman–Crippen MR) is 65.4 cm³/mol. The van der Waals surface area contributed by atoms with Crippen LogP contribution in [0, 0.1) is 17.0 Å². The molecule has 0 radical (unpaired) electrons. The number of aliphatic hydroxyl groups excluding tert-OH is 2. The van der Waals surface area contributed by atoms with Crippen LogP contribution in [0.3, 0.4) is 0 Å². The van der Waals surface area contributed by atoms with Gasteiger partial charge in [-0.1, -0.05) is 6.92 Å². The molecule has 0 amide bonds. The number of aryl methyl sites for hydroxylation is 1. The zero-order valence-electron chi connectivity index (χ0n) is 10.7. The molecular weight excluding hydrogens is 240 g/mol. The SMILES string of the molecule is CCC(CO)(CO)Nc1c([N+](=O)[O-])nc(C)n1C. The summed E-state index contributed by atoms with van der Waals surface area (Å²) >= 11 is 0. The number of aromatic nitrogens is 2. The average molecular weight is 258 g/mol. The Balaban J connectivity index is 3.20. The lowest BCUT2D eigenvalue weighted by Gasteiger charge is -2.30. The summed E-state index contributed by atoms with van der Waals surface area (Å²) in [7, 11) is 1.63. The van der Waals surface area contributed by atoms with E-state index in [0.29, 0.717) is 12.2 Å². The number of rotatable bonds is 6. The summed E-state index contributed by atoms with van der Waals surface area (Å²) in [6.45, 7) is 2.75. The molecule has 3 N–H and O–H groups in total. The summed E-state index contributed by atoms with van der Waals surface area (Å²) in [4.78, 5) is 14.1. The monoisotopic (exact) mass is 258 g/mol. The fourth-order valence-electron chi connectivity index (χ4n) is 1.55. The first kappa shape index (κ1) is 14.4. The maximum Gasteiger partial charge on any atom is 0.406 e. The summed E-state index contributed by atoms with van der Waals surface area (Å²) < 4.78 is 1.52. The molecule has 8 heteroatoms. The lowest BCUT2D eigenvalue weighted by atomic mass is 9.98. The third-order valence-electron chi connectivity index (χ3n) is 3.14. The largest absolute Gasteiger partial charge is 0.406 e. The van der Waals surface area contributed by atoms with Crippen molar-refractivity contribution in [3.8, 4) is 0 Å². The molecule has 1 aromatic heterocycles. The lowest BCUT2D eigenvalue weighted by molar-refractivity contribution is -0.388. The molecule has 0 aliphatic carbocycles. The van der Waals surface area contributed by atoms with Crippen LogP contribution in [0.1, 0.15) is 19.2 Å². The standard InChI is InChI=1S/C10H18N4O4/c1-4-10(5-15,6-16)12-9-8(14(17)18)11-7(2)13(9)3/h12,15-16H,4-6H2,1-3H3. The molecule has 0 aliphatic heterocycles. The van der Waals surface area contributed by atoms with Crippen molar-refractivity contribution in [3.05, 3.63) is 15.9 Å². The number of hydrogen-bond donors (Lipinski definition) is 3. The minimum Gasteiger partial charge on any atom is -0.394 e. The molecule has 0 atom stereocenters. The van der Waals surface area contributed by atoms with Gasteiger partial charge in [-0.2, -0.15) is 0 Å². The minimum atomic E-state index is -0.995. The van der Waals surface area contributed by atoms with E-state index in [2.05, 4.69) is 10.3 Å². The van der Waals surface area contributed by atoms with Gasteiger partial charge in [-0.15, -0.1) is 0 Å². The van der Waals surface area contributed by atoms with E-state index in [4.69, 9.17) is 0 Å². The molecule has 0 saturated heterocycles. The summed E-state index contributed by atoms with van der Waals surface area (Å²) in [5.74, 6) is 0.349. The van der Waals surface area contributed by atoms with Gasteiger partial charge in [0, 0.05) is 14.0 Å². The van der Waals surface area contributed by atoms with Crippen molar-refractivity contribution >= 4 is 11.6 Å². The number of nitrogens with zero attached hydrogens (tertiary/aromatic N) is 3. The molecule has 0 unspecified atom stereocenters. The van der Waals surface area contributed by atoms with Crippen LogP contribution in [0.5, 0.6) is 0 Å². The van der Waals surface area contributed by atoms with E-state index in [1.165, 1.54) is 4.57 Å². The van der Waals surface area contributed by atoms with Crippen molar-refractivity contribution in [2.45, 2.75) is 25.8 Å². The quantitative estimate of drug-likeness (QED) is 0.495. The Labute approximate surface area is 104 Å². The molecule has 1 rings (SSSR count). The first-order valence-corrected chi connectivity index (χ1v) is 5.58. The average Bonchev–Trinajstić information content (AvgIpc) is 2.64. The van der Waals surface area contributed by atoms with Crippen molar-refractivity contribution < 1.29 is 15.1 Å². The minimum absolute atomic E-state index is 0.183. The maximum atomic E-state index is 10.9. The molecular formula is C10H18N4O4. The molecule has 8 nitrogen and oxygen atoms in total. The Morgan fingerprint density at radius 3 is 2.44 bits per heavy atom. The van der Waals surface area contributed by atoms with Crippen LogP contribution in [0.15, 0.2) is 0 Å². The predicted octanol–water partition coefficient (Wildman–Crippen LogP) is 0.182. The van der Waals surface area contributed by atoms with Crippen molar-refractivity contribution in [2.75, 3.05) is 18.5 Å².